The van der Waals surface area contributed by atoms with Crippen LogP contribution in [0.2, 0.25) is 0 Å². The van der Waals surface area contributed by atoms with Gasteiger partial charge in [-0.2, -0.15) is 5.26 Å². The number of methoxy groups -OCH3 is 1. The number of halogens is 1. The monoisotopic (exact) mass is 350 g/mol. The fourth-order valence-electron chi connectivity index (χ4n) is 2.60. The lowest BCUT2D eigenvalue weighted by molar-refractivity contribution is 0.0593. The van der Waals surface area contributed by atoms with Crippen molar-refractivity contribution in [3.63, 3.8) is 0 Å². The van der Waals surface area contributed by atoms with E-state index in [1.54, 1.807) is 42.5 Å². The van der Waals surface area contributed by atoms with Crippen LogP contribution in [0.5, 0.6) is 0 Å². The van der Waals surface area contributed by atoms with Crippen molar-refractivity contribution in [3.05, 3.63) is 71.8 Å². The number of aromatic nitrogens is 1. The zero-order chi connectivity index (χ0) is 18.7. The third-order valence-electron chi connectivity index (χ3n) is 3.85. The molecule has 1 heterocycles. The Morgan fingerprint density at radius 3 is 2.50 bits per heavy atom. The van der Waals surface area contributed by atoms with Crippen LogP contribution in [0.25, 0.3) is 5.69 Å². The molecule has 2 aromatic carbocycles. The first-order valence-corrected chi connectivity index (χ1v) is 7.67. The van der Waals surface area contributed by atoms with Crippen molar-refractivity contribution in [3.8, 4) is 11.8 Å². The number of hydrogen-bond donors (Lipinski definition) is 2. The van der Waals surface area contributed by atoms with Crippen molar-refractivity contribution < 1.29 is 13.9 Å². The molecule has 0 aliphatic heterocycles. The Bertz CT molecular complexity index is 1020. The number of carbonyl (C=O) groups is 1. The van der Waals surface area contributed by atoms with Crippen LogP contribution in [0, 0.1) is 17.1 Å². The van der Waals surface area contributed by atoms with Crippen molar-refractivity contribution in [1.82, 2.24) is 4.57 Å². The van der Waals surface area contributed by atoms with E-state index in [4.69, 9.17) is 10.5 Å². The molecule has 0 unspecified atom stereocenters. The summed E-state index contributed by atoms with van der Waals surface area (Å²) in [7, 11) is 1.23. The Labute approximate surface area is 149 Å². The quantitative estimate of drug-likeness (QED) is 0.701. The third kappa shape index (κ3) is 2.96. The number of nitriles is 1. The fourth-order valence-corrected chi connectivity index (χ4v) is 2.60. The van der Waals surface area contributed by atoms with Gasteiger partial charge in [-0.3, -0.25) is 0 Å². The number of anilines is 3. The lowest BCUT2D eigenvalue weighted by Crippen LogP contribution is -2.12. The maximum atomic E-state index is 14.0. The van der Waals surface area contributed by atoms with Gasteiger partial charge < -0.3 is 20.4 Å². The van der Waals surface area contributed by atoms with Gasteiger partial charge in [0.15, 0.2) is 5.69 Å². The van der Waals surface area contributed by atoms with E-state index in [2.05, 4.69) is 5.32 Å². The summed E-state index contributed by atoms with van der Waals surface area (Å²) < 4.78 is 20.2. The van der Waals surface area contributed by atoms with Crippen LogP contribution >= 0.6 is 0 Å². The molecule has 0 radical (unpaired) electrons. The van der Waals surface area contributed by atoms with Crippen molar-refractivity contribution in [2.45, 2.75) is 0 Å². The second kappa shape index (κ2) is 6.99. The van der Waals surface area contributed by atoms with E-state index < -0.39 is 11.8 Å². The van der Waals surface area contributed by atoms with Crippen LogP contribution in [0.3, 0.4) is 0 Å². The van der Waals surface area contributed by atoms with Crippen LogP contribution in [0.1, 0.15) is 16.1 Å². The number of nitrogen functional groups attached to an aromatic ring is 1. The zero-order valence-corrected chi connectivity index (χ0v) is 13.9. The Hall–Kier alpha value is -3.79. The minimum atomic E-state index is -0.676. The topological polar surface area (TPSA) is 93.1 Å². The number of hydrogen-bond acceptors (Lipinski definition) is 5. The van der Waals surface area contributed by atoms with E-state index >= 15 is 0 Å². The summed E-state index contributed by atoms with van der Waals surface area (Å²) >= 11 is 0. The highest BCUT2D eigenvalue weighted by molar-refractivity contribution is 5.96. The first-order chi connectivity index (χ1) is 12.6. The highest BCUT2D eigenvalue weighted by Gasteiger charge is 2.23. The summed E-state index contributed by atoms with van der Waals surface area (Å²) in [5.74, 6) is -1.09. The van der Waals surface area contributed by atoms with Gasteiger partial charge >= 0.3 is 5.97 Å². The molecule has 0 aliphatic carbocycles. The van der Waals surface area contributed by atoms with Gasteiger partial charge in [-0.25, -0.2) is 9.18 Å². The minimum absolute atomic E-state index is 0.0278. The average molecular weight is 350 g/mol. The average Bonchev–Trinajstić information content (AvgIpc) is 2.99. The number of carbonyl (C=O) groups excluding carboxylic acids is 1. The molecular formula is C19H15FN4O2. The molecule has 0 bridgehead atoms. The van der Waals surface area contributed by atoms with E-state index in [0.29, 0.717) is 11.4 Å². The van der Waals surface area contributed by atoms with Crippen molar-refractivity contribution in [2.75, 3.05) is 18.2 Å². The SMILES string of the molecule is COC(=O)c1c(N)c(C#N)cn1-c1ccccc1Nc1ccccc1F. The van der Waals surface area contributed by atoms with Crippen LogP contribution < -0.4 is 11.1 Å². The summed E-state index contributed by atoms with van der Waals surface area (Å²) in [5.41, 5.74) is 7.46. The molecule has 7 heteroatoms. The highest BCUT2D eigenvalue weighted by Crippen LogP contribution is 2.30. The minimum Gasteiger partial charge on any atom is -0.464 e. The molecule has 0 fully saturated rings. The summed E-state index contributed by atoms with van der Waals surface area (Å²) in [6, 6.07) is 15.1. The van der Waals surface area contributed by atoms with E-state index in [-0.39, 0.29) is 22.6 Å². The number of nitrogens with zero attached hydrogens (tertiary/aromatic N) is 2. The van der Waals surface area contributed by atoms with Crippen molar-refractivity contribution in [1.29, 1.82) is 5.26 Å². The summed E-state index contributed by atoms with van der Waals surface area (Å²) in [4.78, 5) is 12.2. The highest BCUT2D eigenvalue weighted by atomic mass is 19.1. The maximum absolute atomic E-state index is 14.0. The Morgan fingerprint density at radius 1 is 1.19 bits per heavy atom. The Morgan fingerprint density at radius 2 is 1.85 bits per heavy atom. The molecule has 130 valence electrons. The van der Waals surface area contributed by atoms with Crippen LogP contribution in [0.15, 0.2) is 54.7 Å². The molecule has 3 N–H and O–H groups in total. The van der Waals surface area contributed by atoms with Gasteiger partial charge in [-0.05, 0) is 24.3 Å². The van der Waals surface area contributed by atoms with Gasteiger partial charge in [0, 0.05) is 6.20 Å². The van der Waals surface area contributed by atoms with Crippen LogP contribution in [-0.4, -0.2) is 17.6 Å². The molecule has 0 amide bonds. The summed E-state index contributed by atoms with van der Waals surface area (Å²) in [5, 5.41) is 12.2. The second-order valence-electron chi connectivity index (χ2n) is 5.40. The fraction of sp³-hybridized carbons (Fsp3) is 0.0526. The summed E-state index contributed by atoms with van der Waals surface area (Å²) in [6.07, 6.45) is 1.45. The van der Waals surface area contributed by atoms with Gasteiger partial charge in [-0.1, -0.05) is 24.3 Å². The van der Waals surface area contributed by atoms with Gasteiger partial charge in [0.05, 0.1) is 35.4 Å². The first kappa shape index (κ1) is 17.0. The number of nitrogens with one attached hydrogen (secondary N) is 1. The lowest BCUT2D eigenvalue weighted by atomic mass is 10.2. The molecule has 0 spiro atoms. The van der Waals surface area contributed by atoms with E-state index in [0.717, 1.165) is 0 Å². The molecule has 0 saturated carbocycles. The molecule has 0 saturated heterocycles. The number of benzene rings is 2. The van der Waals surface area contributed by atoms with Gasteiger partial charge in [0.1, 0.15) is 11.9 Å². The van der Waals surface area contributed by atoms with Crippen LogP contribution in [-0.2, 0) is 4.74 Å². The number of ether oxygens (including phenoxy) is 1. The third-order valence-corrected chi connectivity index (χ3v) is 3.85. The van der Waals surface area contributed by atoms with E-state index in [1.807, 2.05) is 6.07 Å². The molecule has 3 rings (SSSR count). The molecule has 3 aromatic rings. The Balaban J connectivity index is 2.16. The number of esters is 1. The molecule has 0 atom stereocenters. The smallest absolute Gasteiger partial charge is 0.357 e. The molecule has 26 heavy (non-hydrogen) atoms. The lowest BCUT2D eigenvalue weighted by Gasteiger charge is -2.15. The molecular weight excluding hydrogens is 335 g/mol. The number of nitrogens with two attached hydrogens (primary N) is 1. The van der Waals surface area contributed by atoms with E-state index in [1.165, 1.54) is 23.9 Å². The number of para-hydroxylation sites is 3. The van der Waals surface area contributed by atoms with Gasteiger partial charge in [0.2, 0.25) is 0 Å². The zero-order valence-electron chi connectivity index (χ0n) is 13.9. The van der Waals surface area contributed by atoms with Crippen molar-refractivity contribution >= 4 is 23.0 Å². The van der Waals surface area contributed by atoms with Gasteiger partial charge in [0.25, 0.3) is 0 Å². The summed E-state index contributed by atoms with van der Waals surface area (Å²) in [6.45, 7) is 0. The normalized spacial score (nSPS) is 10.2. The second-order valence-corrected chi connectivity index (χ2v) is 5.40. The van der Waals surface area contributed by atoms with Crippen molar-refractivity contribution in [2.24, 2.45) is 0 Å². The van der Waals surface area contributed by atoms with Crippen LogP contribution in [0.4, 0.5) is 21.5 Å². The molecule has 6 nitrogen and oxygen atoms in total. The molecule has 1 aromatic heterocycles. The van der Waals surface area contributed by atoms with E-state index in [9.17, 15) is 14.4 Å². The molecule has 0 aliphatic rings. The predicted octanol–water partition coefficient (Wildman–Crippen LogP) is 3.60. The predicted molar refractivity (Wildman–Crippen MR) is 95.9 cm³/mol. The maximum Gasteiger partial charge on any atom is 0.357 e. The number of rotatable bonds is 4. The standard InChI is InChI=1S/C19H15FN4O2/c1-26-19(25)18-17(22)12(10-21)11-24(18)16-9-5-4-8-15(16)23-14-7-3-2-6-13(14)20/h2-9,11,23H,22H2,1H3. The Kier molecular flexibility index (Phi) is 4.58. The largest absolute Gasteiger partial charge is 0.464 e. The van der Waals surface area contributed by atoms with Gasteiger partial charge in [-0.15, -0.1) is 0 Å². The first-order valence-electron chi connectivity index (χ1n) is 7.67.